The Labute approximate surface area is 115 Å². The second-order valence-electron chi connectivity index (χ2n) is 6.22. The predicted molar refractivity (Wildman–Crippen MR) is 76.8 cm³/mol. The van der Waals surface area contributed by atoms with Gasteiger partial charge in [-0.25, -0.2) is 0 Å². The highest BCUT2D eigenvalue weighted by molar-refractivity contribution is 5.81. The molecule has 5 heteroatoms. The molecule has 0 saturated heterocycles. The van der Waals surface area contributed by atoms with E-state index in [9.17, 15) is 4.79 Å². The van der Waals surface area contributed by atoms with Gasteiger partial charge < -0.3 is 10.6 Å². The summed E-state index contributed by atoms with van der Waals surface area (Å²) in [6, 6.07) is 2.10. The Morgan fingerprint density at radius 3 is 2.47 bits per heavy atom. The van der Waals surface area contributed by atoms with Crippen molar-refractivity contribution < 1.29 is 4.79 Å². The van der Waals surface area contributed by atoms with Crippen molar-refractivity contribution in [3.63, 3.8) is 0 Å². The fourth-order valence-electron chi connectivity index (χ4n) is 1.59. The molecule has 0 aliphatic carbocycles. The van der Waals surface area contributed by atoms with Crippen LogP contribution in [-0.4, -0.2) is 27.3 Å². The lowest BCUT2D eigenvalue weighted by Gasteiger charge is -2.23. The Balaban J connectivity index is 2.45. The number of nitrogens with one attached hydrogen (secondary N) is 2. The Morgan fingerprint density at radius 2 is 2.00 bits per heavy atom. The molecule has 0 aromatic carbocycles. The molecule has 108 valence electrons. The SMILES string of the molecule is CC(NCc1ccn(C(C)C)n1)C(=O)NC(C)(C)C. The van der Waals surface area contributed by atoms with E-state index in [0.29, 0.717) is 12.6 Å². The minimum Gasteiger partial charge on any atom is -0.350 e. The van der Waals surface area contributed by atoms with Crippen molar-refractivity contribution >= 4 is 5.91 Å². The third kappa shape index (κ3) is 5.42. The van der Waals surface area contributed by atoms with E-state index in [0.717, 1.165) is 5.69 Å². The maximum Gasteiger partial charge on any atom is 0.237 e. The Kier molecular flexibility index (Phi) is 5.11. The highest BCUT2D eigenvalue weighted by atomic mass is 16.2. The van der Waals surface area contributed by atoms with Gasteiger partial charge in [0.2, 0.25) is 5.91 Å². The highest BCUT2D eigenvalue weighted by Crippen LogP contribution is 2.04. The third-order valence-corrected chi connectivity index (χ3v) is 2.67. The van der Waals surface area contributed by atoms with Crippen molar-refractivity contribution in [3.8, 4) is 0 Å². The predicted octanol–water partition coefficient (Wildman–Crippen LogP) is 1.86. The molecule has 1 amide bonds. The van der Waals surface area contributed by atoms with E-state index >= 15 is 0 Å². The van der Waals surface area contributed by atoms with Crippen molar-refractivity contribution in [1.82, 2.24) is 20.4 Å². The topological polar surface area (TPSA) is 59.0 Å². The average molecular weight is 266 g/mol. The normalized spacial score (nSPS) is 13.6. The molecule has 1 aromatic rings. The van der Waals surface area contributed by atoms with Crippen LogP contribution in [0.1, 0.15) is 53.3 Å². The highest BCUT2D eigenvalue weighted by Gasteiger charge is 2.18. The fourth-order valence-corrected chi connectivity index (χ4v) is 1.59. The van der Waals surface area contributed by atoms with Crippen molar-refractivity contribution in [2.24, 2.45) is 0 Å². The fraction of sp³-hybridized carbons (Fsp3) is 0.714. The molecular formula is C14H26N4O. The Morgan fingerprint density at radius 1 is 1.37 bits per heavy atom. The number of aromatic nitrogens is 2. The minimum absolute atomic E-state index is 0.00999. The molecule has 0 aliphatic rings. The molecule has 1 aromatic heterocycles. The number of hydrogen-bond donors (Lipinski definition) is 2. The van der Waals surface area contributed by atoms with Crippen LogP contribution < -0.4 is 10.6 Å². The summed E-state index contributed by atoms with van der Waals surface area (Å²) in [7, 11) is 0. The zero-order valence-electron chi connectivity index (χ0n) is 12.8. The number of amides is 1. The molecule has 0 spiro atoms. The van der Waals surface area contributed by atoms with E-state index < -0.39 is 0 Å². The third-order valence-electron chi connectivity index (χ3n) is 2.67. The molecule has 1 atom stereocenters. The summed E-state index contributed by atoms with van der Waals surface area (Å²) in [5.41, 5.74) is 0.746. The zero-order chi connectivity index (χ0) is 14.6. The van der Waals surface area contributed by atoms with Gasteiger partial charge in [-0.05, 0) is 47.6 Å². The molecule has 0 bridgehead atoms. The summed E-state index contributed by atoms with van der Waals surface area (Å²) in [6.07, 6.45) is 1.96. The number of rotatable bonds is 5. The molecule has 0 radical (unpaired) electrons. The minimum atomic E-state index is -0.233. The van der Waals surface area contributed by atoms with Crippen molar-refractivity contribution in [1.29, 1.82) is 0 Å². The molecule has 1 unspecified atom stereocenters. The van der Waals surface area contributed by atoms with Gasteiger partial charge in [-0.3, -0.25) is 9.48 Å². The van der Waals surface area contributed by atoms with E-state index in [-0.39, 0.29) is 17.5 Å². The van der Waals surface area contributed by atoms with E-state index in [1.165, 1.54) is 0 Å². The lowest BCUT2D eigenvalue weighted by atomic mass is 10.1. The van der Waals surface area contributed by atoms with Crippen molar-refractivity contribution in [3.05, 3.63) is 18.0 Å². The van der Waals surface area contributed by atoms with Gasteiger partial charge >= 0.3 is 0 Å². The van der Waals surface area contributed by atoms with Gasteiger partial charge in [-0.1, -0.05) is 0 Å². The first-order chi connectivity index (χ1) is 8.69. The van der Waals surface area contributed by atoms with Crippen LogP contribution in [0.4, 0.5) is 0 Å². The second kappa shape index (κ2) is 6.19. The Hall–Kier alpha value is -1.36. The first-order valence-corrected chi connectivity index (χ1v) is 6.78. The number of nitrogens with zero attached hydrogens (tertiary/aromatic N) is 2. The molecule has 0 fully saturated rings. The molecule has 0 saturated carbocycles. The lowest BCUT2D eigenvalue weighted by Crippen LogP contribution is -2.49. The zero-order valence-corrected chi connectivity index (χ0v) is 12.8. The molecule has 0 aliphatic heterocycles. The number of carbonyl (C=O) groups is 1. The van der Waals surface area contributed by atoms with Crippen LogP contribution in [0.15, 0.2) is 12.3 Å². The standard InChI is InChI=1S/C14H26N4O/c1-10(2)18-8-7-12(17-18)9-15-11(3)13(19)16-14(4,5)6/h7-8,10-11,15H,9H2,1-6H3,(H,16,19). The maximum absolute atomic E-state index is 11.9. The van der Waals surface area contributed by atoms with E-state index in [1.807, 2.05) is 44.6 Å². The maximum atomic E-state index is 11.9. The number of hydrogen-bond acceptors (Lipinski definition) is 3. The molecular weight excluding hydrogens is 240 g/mol. The second-order valence-corrected chi connectivity index (χ2v) is 6.22. The van der Waals surface area contributed by atoms with Crippen LogP contribution in [-0.2, 0) is 11.3 Å². The van der Waals surface area contributed by atoms with Gasteiger partial charge in [0.15, 0.2) is 0 Å². The first kappa shape index (κ1) is 15.7. The van der Waals surface area contributed by atoms with Crippen molar-refractivity contribution in [2.45, 2.75) is 65.7 Å². The summed E-state index contributed by atoms with van der Waals surface area (Å²) < 4.78 is 1.91. The van der Waals surface area contributed by atoms with E-state index in [4.69, 9.17) is 0 Å². The smallest absolute Gasteiger partial charge is 0.237 e. The van der Waals surface area contributed by atoms with Crippen LogP contribution in [0.25, 0.3) is 0 Å². The summed E-state index contributed by atoms with van der Waals surface area (Å²) >= 11 is 0. The summed E-state index contributed by atoms with van der Waals surface area (Å²) in [4.78, 5) is 11.9. The van der Waals surface area contributed by atoms with Gasteiger partial charge in [0, 0.05) is 24.3 Å². The monoisotopic (exact) mass is 266 g/mol. The van der Waals surface area contributed by atoms with Gasteiger partial charge in [-0.2, -0.15) is 5.10 Å². The summed E-state index contributed by atoms with van der Waals surface area (Å²) in [5, 5.41) is 10.6. The van der Waals surface area contributed by atoms with Crippen LogP contribution in [0.5, 0.6) is 0 Å². The van der Waals surface area contributed by atoms with Crippen molar-refractivity contribution in [2.75, 3.05) is 0 Å². The van der Waals surface area contributed by atoms with Gasteiger partial charge in [0.25, 0.3) is 0 Å². The largest absolute Gasteiger partial charge is 0.350 e. The average Bonchev–Trinajstić information content (AvgIpc) is 2.72. The van der Waals surface area contributed by atoms with Gasteiger partial charge in [0.05, 0.1) is 11.7 Å². The number of carbonyl (C=O) groups excluding carboxylic acids is 1. The molecule has 1 rings (SSSR count). The lowest BCUT2D eigenvalue weighted by molar-refractivity contribution is -0.124. The van der Waals surface area contributed by atoms with Gasteiger partial charge in [-0.15, -0.1) is 0 Å². The van der Waals surface area contributed by atoms with E-state index in [2.05, 4.69) is 29.6 Å². The molecule has 5 nitrogen and oxygen atoms in total. The van der Waals surface area contributed by atoms with Crippen LogP contribution in [0.2, 0.25) is 0 Å². The molecule has 1 heterocycles. The van der Waals surface area contributed by atoms with Gasteiger partial charge in [0.1, 0.15) is 0 Å². The van der Waals surface area contributed by atoms with Crippen LogP contribution >= 0.6 is 0 Å². The summed E-state index contributed by atoms with van der Waals surface area (Å²) in [5.74, 6) is 0.00999. The molecule has 19 heavy (non-hydrogen) atoms. The Bertz CT molecular complexity index is 417. The van der Waals surface area contributed by atoms with Crippen LogP contribution in [0, 0.1) is 0 Å². The van der Waals surface area contributed by atoms with E-state index in [1.54, 1.807) is 0 Å². The molecule has 2 N–H and O–H groups in total. The summed E-state index contributed by atoms with van der Waals surface area (Å²) in [6.45, 7) is 12.6. The first-order valence-electron chi connectivity index (χ1n) is 6.78. The quantitative estimate of drug-likeness (QED) is 0.855. The van der Waals surface area contributed by atoms with Crippen LogP contribution in [0.3, 0.4) is 0 Å².